The molecule has 3 fully saturated rings. The van der Waals surface area contributed by atoms with Gasteiger partial charge in [-0.05, 0) is 25.3 Å². The van der Waals surface area contributed by atoms with Crippen LogP contribution in [-0.2, 0) is 21.4 Å². The van der Waals surface area contributed by atoms with Gasteiger partial charge in [0.25, 0.3) is 0 Å². The summed E-state index contributed by atoms with van der Waals surface area (Å²) in [6.45, 7) is 1.23. The molecule has 0 aromatic carbocycles. The normalized spacial score (nSPS) is 30.9. The van der Waals surface area contributed by atoms with Crippen molar-refractivity contribution >= 4 is 11.8 Å². The summed E-state index contributed by atoms with van der Waals surface area (Å²) < 4.78 is 7.52. The third-order valence-corrected chi connectivity index (χ3v) is 5.07. The quantitative estimate of drug-likeness (QED) is 0.870. The number of hydrogen-bond donors (Lipinski definition) is 1. The molecule has 1 aromatic heterocycles. The first kappa shape index (κ1) is 14.7. The zero-order valence-corrected chi connectivity index (χ0v) is 13.3. The molecule has 1 N–H and O–H groups in total. The van der Waals surface area contributed by atoms with Gasteiger partial charge < -0.3 is 15.0 Å². The third-order valence-electron chi connectivity index (χ3n) is 5.07. The first-order valence-corrected chi connectivity index (χ1v) is 8.33. The van der Waals surface area contributed by atoms with Crippen molar-refractivity contribution in [2.75, 3.05) is 13.2 Å². The van der Waals surface area contributed by atoms with Crippen molar-refractivity contribution in [3.8, 4) is 0 Å². The van der Waals surface area contributed by atoms with Gasteiger partial charge in [-0.3, -0.25) is 14.3 Å². The fourth-order valence-corrected chi connectivity index (χ4v) is 3.69. The van der Waals surface area contributed by atoms with Crippen molar-refractivity contribution < 1.29 is 14.3 Å². The van der Waals surface area contributed by atoms with E-state index in [9.17, 15) is 9.59 Å². The van der Waals surface area contributed by atoms with E-state index in [-0.39, 0.29) is 29.9 Å². The number of carbonyl (C=O) groups is 2. The lowest BCUT2D eigenvalue weighted by atomic mass is 9.97. The summed E-state index contributed by atoms with van der Waals surface area (Å²) in [6, 6.07) is 2.24. The SMILES string of the molecule is Cn1nccc1[C@@H]1OCC[C@H]1C(=O)N[C@@H]1CC(=O)N(C2CC2)C1. The Labute approximate surface area is 135 Å². The van der Waals surface area contributed by atoms with E-state index in [4.69, 9.17) is 4.74 Å². The maximum atomic E-state index is 12.7. The topological polar surface area (TPSA) is 76.5 Å². The number of likely N-dealkylation sites (tertiary alicyclic amines) is 1. The average molecular weight is 318 g/mol. The van der Waals surface area contributed by atoms with E-state index in [0.29, 0.717) is 32.0 Å². The highest BCUT2D eigenvalue weighted by Gasteiger charge is 2.42. The van der Waals surface area contributed by atoms with Gasteiger partial charge in [0, 0.05) is 38.9 Å². The van der Waals surface area contributed by atoms with Gasteiger partial charge in [-0.15, -0.1) is 0 Å². The molecule has 3 atom stereocenters. The van der Waals surface area contributed by atoms with Crippen LogP contribution in [0.25, 0.3) is 0 Å². The smallest absolute Gasteiger partial charge is 0.226 e. The molecule has 124 valence electrons. The van der Waals surface area contributed by atoms with Gasteiger partial charge in [-0.1, -0.05) is 0 Å². The molecule has 0 radical (unpaired) electrons. The predicted molar refractivity (Wildman–Crippen MR) is 81.3 cm³/mol. The van der Waals surface area contributed by atoms with E-state index in [1.54, 1.807) is 10.9 Å². The summed E-state index contributed by atoms with van der Waals surface area (Å²) in [5, 5.41) is 7.22. The maximum absolute atomic E-state index is 12.7. The minimum Gasteiger partial charge on any atom is -0.371 e. The minimum absolute atomic E-state index is 0.0100. The van der Waals surface area contributed by atoms with Crippen LogP contribution < -0.4 is 5.32 Å². The second-order valence-corrected chi connectivity index (χ2v) is 6.75. The zero-order chi connectivity index (χ0) is 16.0. The molecular formula is C16H22N4O3. The maximum Gasteiger partial charge on any atom is 0.226 e. The van der Waals surface area contributed by atoms with Crippen molar-refractivity contribution in [1.82, 2.24) is 20.0 Å². The molecular weight excluding hydrogens is 296 g/mol. The van der Waals surface area contributed by atoms with Gasteiger partial charge in [0.05, 0.1) is 17.7 Å². The van der Waals surface area contributed by atoms with Gasteiger partial charge in [-0.2, -0.15) is 5.10 Å². The van der Waals surface area contributed by atoms with Crippen LogP contribution in [0.4, 0.5) is 0 Å². The fourth-order valence-electron chi connectivity index (χ4n) is 3.69. The van der Waals surface area contributed by atoms with Crippen LogP contribution in [0.3, 0.4) is 0 Å². The highest BCUT2D eigenvalue weighted by molar-refractivity contribution is 5.84. The number of aromatic nitrogens is 2. The molecule has 23 heavy (non-hydrogen) atoms. The molecule has 0 bridgehead atoms. The van der Waals surface area contributed by atoms with Crippen molar-refractivity contribution in [2.45, 2.75) is 43.9 Å². The number of aryl methyl sites for hydroxylation is 1. The zero-order valence-electron chi connectivity index (χ0n) is 13.3. The van der Waals surface area contributed by atoms with Crippen LogP contribution in [0.1, 0.15) is 37.5 Å². The Kier molecular flexibility index (Phi) is 3.60. The molecule has 2 aliphatic heterocycles. The van der Waals surface area contributed by atoms with Crippen molar-refractivity contribution in [3.63, 3.8) is 0 Å². The number of rotatable bonds is 4. The first-order valence-electron chi connectivity index (χ1n) is 8.33. The molecule has 3 heterocycles. The molecule has 1 saturated carbocycles. The lowest BCUT2D eigenvalue weighted by Crippen LogP contribution is -2.41. The van der Waals surface area contributed by atoms with Gasteiger partial charge in [0.15, 0.2) is 0 Å². The number of carbonyl (C=O) groups excluding carboxylic acids is 2. The standard InChI is InChI=1S/C16H22N4O3/c1-19-13(4-6-17-19)15-12(5-7-23-15)16(22)18-10-8-14(21)20(9-10)11-2-3-11/h4,6,10-12,15H,2-3,5,7-9H2,1H3,(H,18,22)/t10-,12-,15-/m1/s1. The van der Waals surface area contributed by atoms with Gasteiger partial charge in [0.1, 0.15) is 6.10 Å². The van der Waals surface area contributed by atoms with Crippen molar-refractivity contribution in [1.29, 1.82) is 0 Å². The van der Waals surface area contributed by atoms with Crippen molar-refractivity contribution in [3.05, 3.63) is 18.0 Å². The fraction of sp³-hybridized carbons (Fsp3) is 0.688. The number of nitrogens with zero attached hydrogens (tertiary/aromatic N) is 3. The Hall–Kier alpha value is -1.89. The molecule has 4 rings (SSSR count). The van der Waals surface area contributed by atoms with E-state index < -0.39 is 0 Å². The molecule has 2 amide bonds. The van der Waals surface area contributed by atoms with Gasteiger partial charge in [-0.25, -0.2) is 0 Å². The summed E-state index contributed by atoms with van der Waals surface area (Å²) in [5.74, 6) is -0.0525. The summed E-state index contributed by atoms with van der Waals surface area (Å²) in [4.78, 5) is 26.6. The summed E-state index contributed by atoms with van der Waals surface area (Å²) in [5.41, 5.74) is 0.921. The number of nitrogens with one attached hydrogen (secondary N) is 1. The summed E-state index contributed by atoms with van der Waals surface area (Å²) in [7, 11) is 1.86. The largest absolute Gasteiger partial charge is 0.371 e. The van der Waals surface area contributed by atoms with Crippen LogP contribution in [0.2, 0.25) is 0 Å². The summed E-state index contributed by atoms with van der Waals surface area (Å²) >= 11 is 0. The molecule has 7 heteroatoms. The second-order valence-electron chi connectivity index (χ2n) is 6.75. The molecule has 1 aliphatic carbocycles. The summed E-state index contributed by atoms with van der Waals surface area (Å²) in [6.07, 6.45) is 4.80. The molecule has 7 nitrogen and oxygen atoms in total. The van der Waals surface area contributed by atoms with Crippen LogP contribution in [0.5, 0.6) is 0 Å². The third kappa shape index (κ3) is 2.73. The molecule has 3 aliphatic rings. The number of hydrogen-bond acceptors (Lipinski definition) is 4. The first-order chi connectivity index (χ1) is 11.1. The minimum atomic E-state index is -0.251. The monoisotopic (exact) mass is 318 g/mol. The van der Waals surface area contributed by atoms with E-state index in [2.05, 4.69) is 10.4 Å². The number of ether oxygens (including phenoxy) is 1. The van der Waals surface area contributed by atoms with Gasteiger partial charge in [0.2, 0.25) is 11.8 Å². The Morgan fingerprint density at radius 1 is 1.39 bits per heavy atom. The Bertz CT molecular complexity index is 625. The van der Waals surface area contributed by atoms with Crippen LogP contribution in [0, 0.1) is 5.92 Å². The molecule has 0 unspecified atom stereocenters. The average Bonchev–Trinajstić information content (AvgIpc) is 2.92. The molecule has 0 spiro atoms. The lowest BCUT2D eigenvalue weighted by Gasteiger charge is -2.21. The van der Waals surface area contributed by atoms with Crippen LogP contribution in [-0.4, -0.2) is 51.7 Å². The number of amides is 2. The molecule has 1 aromatic rings. The van der Waals surface area contributed by atoms with E-state index >= 15 is 0 Å². The Morgan fingerprint density at radius 3 is 2.91 bits per heavy atom. The predicted octanol–water partition coefficient (Wildman–Crippen LogP) is 0.377. The lowest BCUT2D eigenvalue weighted by molar-refractivity contribution is -0.128. The van der Waals surface area contributed by atoms with Gasteiger partial charge >= 0.3 is 0 Å². The van der Waals surface area contributed by atoms with E-state index in [1.807, 2.05) is 18.0 Å². The Morgan fingerprint density at radius 2 is 2.22 bits per heavy atom. The van der Waals surface area contributed by atoms with Crippen LogP contribution in [0.15, 0.2) is 12.3 Å². The van der Waals surface area contributed by atoms with E-state index in [1.165, 1.54) is 0 Å². The molecule has 2 saturated heterocycles. The van der Waals surface area contributed by atoms with E-state index in [0.717, 1.165) is 18.5 Å². The highest BCUT2D eigenvalue weighted by Crippen LogP contribution is 2.35. The second kappa shape index (κ2) is 5.63. The highest BCUT2D eigenvalue weighted by atomic mass is 16.5. The van der Waals surface area contributed by atoms with Crippen LogP contribution >= 0.6 is 0 Å². The van der Waals surface area contributed by atoms with Crippen molar-refractivity contribution in [2.24, 2.45) is 13.0 Å². The Balaban J connectivity index is 1.40.